The molecule has 0 aromatic heterocycles. The number of aliphatic carboxylic acids is 2. The molecule has 0 heterocycles. The van der Waals surface area contributed by atoms with Crippen LogP contribution in [0.5, 0.6) is 0 Å². The SMILES string of the molecule is CCC1CC2C(C(=O)O)C2(CC)C1(N)C(=O)O. The lowest BCUT2D eigenvalue weighted by atomic mass is 9.71. The number of hydrogen-bond donors (Lipinski definition) is 3. The Morgan fingerprint density at radius 1 is 1.35 bits per heavy atom. The quantitative estimate of drug-likeness (QED) is 0.679. The average molecular weight is 241 g/mol. The highest BCUT2D eigenvalue weighted by molar-refractivity contribution is 5.87. The fourth-order valence-corrected chi connectivity index (χ4v) is 4.33. The highest BCUT2D eigenvalue weighted by Gasteiger charge is 2.82. The molecule has 0 bridgehead atoms. The van der Waals surface area contributed by atoms with E-state index in [0.717, 1.165) is 0 Å². The van der Waals surface area contributed by atoms with Crippen molar-refractivity contribution in [2.45, 2.75) is 38.6 Å². The van der Waals surface area contributed by atoms with Crippen LogP contribution in [0.25, 0.3) is 0 Å². The van der Waals surface area contributed by atoms with E-state index in [0.29, 0.717) is 19.3 Å². The second-order valence-corrected chi connectivity index (χ2v) is 5.33. The van der Waals surface area contributed by atoms with E-state index < -0.39 is 28.8 Å². The maximum atomic E-state index is 11.5. The summed E-state index contributed by atoms with van der Waals surface area (Å²) < 4.78 is 0. The normalized spacial score (nSPS) is 47.6. The van der Waals surface area contributed by atoms with Crippen molar-refractivity contribution >= 4 is 11.9 Å². The molecule has 5 atom stereocenters. The summed E-state index contributed by atoms with van der Waals surface area (Å²) in [7, 11) is 0. The van der Waals surface area contributed by atoms with Crippen LogP contribution in [0, 0.1) is 23.2 Å². The van der Waals surface area contributed by atoms with Gasteiger partial charge in [0.15, 0.2) is 0 Å². The number of fused-ring (bicyclic) bond motifs is 1. The van der Waals surface area contributed by atoms with Crippen LogP contribution in [0.2, 0.25) is 0 Å². The predicted molar refractivity (Wildman–Crippen MR) is 60.3 cm³/mol. The zero-order valence-corrected chi connectivity index (χ0v) is 10.1. The molecule has 0 amide bonds. The van der Waals surface area contributed by atoms with Crippen LogP contribution in [0.15, 0.2) is 0 Å². The molecule has 2 aliphatic rings. The van der Waals surface area contributed by atoms with E-state index in [-0.39, 0.29) is 11.8 Å². The first-order chi connectivity index (χ1) is 7.87. The molecule has 17 heavy (non-hydrogen) atoms. The van der Waals surface area contributed by atoms with Crippen LogP contribution in [0.3, 0.4) is 0 Å². The molecule has 5 heteroatoms. The van der Waals surface area contributed by atoms with Gasteiger partial charge in [-0.3, -0.25) is 9.59 Å². The monoisotopic (exact) mass is 241 g/mol. The number of carbonyl (C=O) groups is 2. The molecule has 0 aromatic carbocycles. The summed E-state index contributed by atoms with van der Waals surface area (Å²) in [6.07, 6.45) is 1.84. The third kappa shape index (κ3) is 1.13. The first-order valence-corrected chi connectivity index (χ1v) is 6.12. The van der Waals surface area contributed by atoms with Crippen LogP contribution in [-0.2, 0) is 9.59 Å². The van der Waals surface area contributed by atoms with Crippen molar-refractivity contribution in [3.8, 4) is 0 Å². The minimum absolute atomic E-state index is 0.0592. The van der Waals surface area contributed by atoms with E-state index in [9.17, 15) is 19.8 Å². The largest absolute Gasteiger partial charge is 0.481 e. The van der Waals surface area contributed by atoms with Gasteiger partial charge in [0.1, 0.15) is 5.54 Å². The van der Waals surface area contributed by atoms with Gasteiger partial charge in [0, 0.05) is 5.41 Å². The number of carboxylic acid groups (broad SMARTS) is 2. The standard InChI is InChI=1S/C12H19NO4/c1-3-6-5-7-8(9(14)15)11(7,4-2)12(6,13)10(16)17/h6-8H,3-5,13H2,1-2H3,(H,14,15)(H,16,17). The van der Waals surface area contributed by atoms with Crippen LogP contribution in [-0.4, -0.2) is 27.7 Å². The van der Waals surface area contributed by atoms with E-state index in [1.165, 1.54) is 0 Å². The Balaban J connectivity index is 2.45. The topological polar surface area (TPSA) is 101 Å². The van der Waals surface area contributed by atoms with Crippen LogP contribution < -0.4 is 5.73 Å². The third-order valence-corrected chi connectivity index (χ3v) is 5.16. The molecule has 2 saturated carbocycles. The van der Waals surface area contributed by atoms with Gasteiger partial charge in [-0.1, -0.05) is 20.3 Å². The highest BCUT2D eigenvalue weighted by Crippen LogP contribution is 2.75. The van der Waals surface area contributed by atoms with Crippen molar-refractivity contribution in [3.05, 3.63) is 0 Å². The molecule has 0 saturated heterocycles. The van der Waals surface area contributed by atoms with Gasteiger partial charge >= 0.3 is 11.9 Å². The predicted octanol–water partition coefficient (Wildman–Crippen LogP) is 0.925. The zero-order chi connectivity index (χ0) is 13.0. The van der Waals surface area contributed by atoms with Gasteiger partial charge in [0.05, 0.1) is 5.92 Å². The number of rotatable bonds is 4. The van der Waals surface area contributed by atoms with Crippen molar-refractivity contribution in [3.63, 3.8) is 0 Å². The summed E-state index contributed by atoms with van der Waals surface area (Å²) in [6, 6.07) is 0. The number of nitrogens with two attached hydrogens (primary N) is 1. The fraction of sp³-hybridized carbons (Fsp3) is 0.833. The van der Waals surface area contributed by atoms with E-state index in [4.69, 9.17) is 5.73 Å². The Labute approximate surface area is 100.0 Å². The molecule has 5 nitrogen and oxygen atoms in total. The summed E-state index contributed by atoms with van der Waals surface area (Å²) in [5.41, 5.74) is 4.05. The Hall–Kier alpha value is -1.10. The number of carboxylic acids is 2. The molecule has 4 N–H and O–H groups in total. The van der Waals surface area contributed by atoms with E-state index in [1.54, 1.807) is 0 Å². The molecule has 2 rings (SSSR count). The van der Waals surface area contributed by atoms with E-state index >= 15 is 0 Å². The van der Waals surface area contributed by atoms with Gasteiger partial charge in [-0.05, 0) is 24.7 Å². The lowest BCUT2D eigenvalue weighted by molar-refractivity contribution is -0.150. The molecule has 2 fully saturated rings. The summed E-state index contributed by atoms with van der Waals surface area (Å²) in [4.78, 5) is 22.7. The maximum Gasteiger partial charge on any atom is 0.324 e. The number of hydrogen-bond acceptors (Lipinski definition) is 3. The Kier molecular flexibility index (Phi) is 2.51. The summed E-state index contributed by atoms with van der Waals surface area (Å²) in [6.45, 7) is 3.76. The molecular formula is C12H19NO4. The summed E-state index contributed by atoms with van der Waals surface area (Å²) in [5, 5.41) is 18.6. The van der Waals surface area contributed by atoms with Crippen LogP contribution in [0.1, 0.15) is 33.1 Å². The molecule has 0 spiro atoms. The molecule has 2 aliphatic carbocycles. The lowest BCUT2D eigenvalue weighted by Crippen LogP contribution is -2.59. The molecule has 0 aliphatic heterocycles. The Morgan fingerprint density at radius 3 is 2.29 bits per heavy atom. The molecule has 5 unspecified atom stereocenters. The van der Waals surface area contributed by atoms with Gasteiger partial charge < -0.3 is 15.9 Å². The maximum absolute atomic E-state index is 11.5. The average Bonchev–Trinajstić information content (AvgIpc) is 2.86. The Bertz CT molecular complexity index is 383. The highest BCUT2D eigenvalue weighted by atomic mass is 16.4. The summed E-state index contributed by atoms with van der Waals surface area (Å²) in [5.74, 6) is -2.69. The van der Waals surface area contributed by atoms with Crippen molar-refractivity contribution < 1.29 is 19.8 Å². The second kappa shape index (κ2) is 3.45. The molecule has 0 aromatic rings. The van der Waals surface area contributed by atoms with Crippen molar-refractivity contribution in [1.29, 1.82) is 0 Å². The van der Waals surface area contributed by atoms with Crippen molar-refractivity contribution in [1.82, 2.24) is 0 Å². The third-order valence-electron chi connectivity index (χ3n) is 5.16. The fourth-order valence-electron chi connectivity index (χ4n) is 4.33. The van der Waals surface area contributed by atoms with Gasteiger partial charge in [0.25, 0.3) is 0 Å². The van der Waals surface area contributed by atoms with Crippen molar-refractivity contribution in [2.24, 2.45) is 28.9 Å². The minimum atomic E-state index is -1.37. The first-order valence-electron chi connectivity index (χ1n) is 6.12. The van der Waals surface area contributed by atoms with Gasteiger partial charge in [0.2, 0.25) is 0 Å². The zero-order valence-electron chi connectivity index (χ0n) is 10.1. The molecular weight excluding hydrogens is 222 g/mol. The van der Waals surface area contributed by atoms with Gasteiger partial charge in [-0.2, -0.15) is 0 Å². The molecule has 96 valence electrons. The smallest absolute Gasteiger partial charge is 0.324 e. The van der Waals surface area contributed by atoms with Crippen LogP contribution in [0.4, 0.5) is 0 Å². The second-order valence-electron chi connectivity index (χ2n) is 5.33. The van der Waals surface area contributed by atoms with Crippen molar-refractivity contribution in [2.75, 3.05) is 0 Å². The van der Waals surface area contributed by atoms with Gasteiger partial charge in [-0.15, -0.1) is 0 Å². The van der Waals surface area contributed by atoms with Crippen LogP contribution >= 0.6 is 0 Å². The minimum Gasteiger partial charge on any atom is -0.481 e. The first kappa shape index (κ1) is 12.4. The van der Waals surface area contributed by atoms with Gasteiger partial charge in [-0.25, -0.2) is 0 Å². The molecule has 0 radical (unpaired) electrons. The Morgan fingerprint density at radius 2 is 1.94 bits per heavy atom. The van der Waals surface area contributed by atoms with E-state index in [2.05, 4.69) is 0 Å². The lowest BCUT2D eigenvalue weighted by Gasteiger charge is -2.36. The summed E-state index contributed by atoms with van der Waals surface area (Å²) >= 11 is 0. The van der Waals surface area contributed by atoms with E-state index in [1.807, 2.05) is 13.8 Å².